The molecule has 35 heavy (non-hydrogen) atoms. The molecule has 0 aliphatic carbocycles. The molecule has 0 radical (unpaired) electrons. The summed E-state index contributed by atoms with van der Waals surface area (Å²) in [4.78, 5) is 33.4. The largest absolute Gasteiger partial charge is 0.493 e. The molecule has 4 aromatic rings. The van der Waals surface area contributed by atoms with Gasteiger partial charge in [0.2, 0.25) is 5.75 Å². The summed E-state index contributed by atoms with van der Waals surface area (Å²) in [6, 6.07) is 8.37. The topological polar surface area (TPSA) is 127 Å². The fraction of sp³-hybridized carbons (Fsp3) is 0.174. The van der Waals surface area contributed by atoms with Crippen LogP contribution in [-0.2, 0) is 0 Å². The first kappa shape index (κ1) is 23.7. The molecule has 180 valence electrons. The fourth-order valence-corrected chi connectivity index (χ4v) is 4.02. The Bertz CT molecular complexity index is 1340. The van der Waals surface area contributed by atoms with Crippen LogP contribution in [0.1, 0.15) is 15.9 Å². The first-order chi connectivity index (χ1) is 17.0. The van der Waals surface area contributed by atoms with Gasteiger partial charge in [0.15, 0.2) is 17.3 Å². The van der Waals surface area contributed by atoms with Crippen molar-refractivity contribution < 1.29 is 28.5 Å². The van der Waals surface area contributed by atoms with Crippen molar-refractivity contribution in [1.82, 2.24) is 25.1 Å². The number of nitrogens with one attached hydrogen (secondary N) is 1. The van der Waals surface area contributed by atoms with E-state index in [9.17, 15) is 9.59 Å². The highest BCUT2D eigenvalue weighted by Gasteiger charge is 2.22. The molecule has 0 atom stereocenters. The number of amides is 1. The van der Waals surface area contributed by atoms with E-state index in [1.807, 2.05) is 0 Å². The SMILES string of the molecule is CNC(=O)Oc1nc(-c2ccc(C(=O)c3cc(OC)c(OC)c(OC)c3)c(-n3cncn3)c2)cs1. The summed E-state index contributed by atoms with van der Waals surface area (Å²) in [5.74, 6) is 0.820. The third kappa shape index (κ3) is 4.77. The second-order valence-electron chi connectivity index (χ2n) is 6.95. The molecule has 0 aliphatic heterocycles. The number of carbonyl (C=O) groups excluding carboxylic acids is 2. The summed E-state index contributed by atoms with van der Waals surface area (Å²) < 4.78 is 22.7. The van der Waals surface area contributed by atoms with Gasteiger partial charge in [-0.1, -0.05) is 17.4 Å². The monoisotopic (exact) mass is 495 g/mol. The first-order valence-electron chi connectivity index (χ1n) is 10.2. The van der Waals surface area contributed by atoms with E-state index in [0.29, 0.717) is 45.3 Å². The lowest BCUT2D eigenvalue weighted by atomic mass is 9.98. The molecule has 0 aliphatic rings. The minimum absolute atomic E-state index is 0.194. The molecule has 11 nitrogen and oxygen atoms in total. The molecule has 0 fully saturated rings. The van der Waals surface area contributed by atoms with E-state index in [2.05, 4.69) is 20.4 Å². The summed E-state index contributed by atoms with van der Waals surface area (Å²) in [5, 5.41) is 8.51. The summed E-state index contributed by atoms with van der Waals surface area (Å²) >= 11 is 1.17. The van der Waals surface area contributed by atoms with Crippen molar-refractivity contribution in [3.05, 3.63) is 59.5 Å². The van der Waals surface area contributed by atoms with Crippen LogP contribution < -0.4 is 24.3 Å². The number of benzene rings is 2. The zero-order valence-corrected chi connectivity index (χ0v) is 20.1. The Hall–Kier alpha value is -4.45. The fourth-order valence-electron chi connectivity index (χ4n) is 3.34. The number of nitrogens with zero attached hydrogens (tertiary/aromatic N) is 4. The Balaban J connectivity index is 1.78. The number of carbonyl (C=O) groups is 2. The predicted octanol–water partition coefficient (Wildman–Crippen LogP) is 3.37. The van der Waals surface area contributed by atoms with Gasteiger partial charge in [0, 0.05) is 29.1 Å². The quantitative estimate of drug-likeness (QED) is 0.366. The van der Waals surface area contributed by atoms with E-state index < -0.39 is 6.09 Å². The lowest BCUT2D eigenvalue weighted by Gasteiger charge is -2.15. The molecular formula is C23H21N5O6S. The number of methoxy groups -OCH3 is 3. The number of ether oxygens (including phenoxy) is 4. The van der Waals surface area contributed by atoms with Crippen molar-refractivity contribution >= 4 is 23.2 Å². The van der Waals surface area contributed by atoms with Crippen molar-refractivity contribution in [3.63, 3.8) is 0 Å². The van der Waals surface area contributed by atoms with Crippen molar-refractivity contribution in [1.29, 1.82) is 0 Å². The van der Waals surface area contributed by atoms with Gasteiger partial charge in [0.1, 0.15) is 12.7 Å². The van der Waals surface area contributed by atoms with E-state index in [-0.39, 0.29) is 11.0 Å². The van der Waals surface area contributed by atoms with Crippen molar-refractivity contribution in [3.8, 4) is 39.4 Å². The van der Waals surface area contributed by atoms with E-state index >= 15 is 0 Å². The Morgan fingerprint density at radius 3 is 2.37 bits per heavy atom. The van der Waals surface area contributed by atoms with Crippen LogP contribution in [0.4, 0.5) is 4.79 Å². The van der Waals surface area contributed by atoms with Crippen molar-refractivity contribution in [2.75, 3.05) is 28.4 Å². The zero-order valence-electron chi connectivity index (χ0n) is 19.3. The van der Waals surface area contributed by atoms with Crippen molar-refractivity contribution in [2.24, 2.45) is 0 Å². The van der Waals surface area contributed by atoms with Crippen molar-refractivity contribution in [2.45, 2.75) is 0 Å². The minimum Gasteiger partial charge on any atom is -0.493 e. The second-order valence-corrected chi connectivity index (χ2v) is 7.77. The first-order valence-corrected chi connectivity index (χ1v) is 11.1. The van der Waals surface area contributed by atoms with Crippen LogP contribution >= 0.6 is 11.3 Å². The summed E-state index contributed by atoms with van der Waals surface area (Å²) in [5.41, 5.74) is 2.46. The number of hydrogen-bond donors (Lipinski definition) is 1. The van der Waals surface area contributed by atoms with Gasteiger partial charge in [-0.25, -0.2) is 19.4 Å². The van der Waals surface area contributed by atoms with Gasteiger partial charge in [-0.3, -0.25) is 4.79 Å². The lowest BCUT2D eigenvalue weighted by Crippen LogP contribution is -2.21. The molecule has 2 aromatic carbocycles. The molecule has 1 amide bonds. The van der Waals surface area contributed by atoms with E-state index in [1.165, 1.54) is 57.1 Å². The summed E-state index contributed by atoms with van der Waals surface area (Å²) in [6.45, 7) is 0. The van der Waals surface area contributed by atoms with E-state index in [4.69, 9.17) is 18.9 Å². The van der Waals surface area contributed by atoms with Gasteiger partial charge in [0.05, 0.1) is 32.7 Å². The average Bonchev–Trinajstić information content (AvgIpc) is 3.59. The van der Waals surface area contributed by atoms with Gasteiger partial charge >= 0.3 is 6.09 Å². The number of aromatic nitrogens is 4. The van der Waals surface area contributed by atoms with Crippen LogP contribution in [0.15, 0.2) is 48.4 Å². The molecule has 0 saturated heterocycles. The van der Waals surface area contributed by atoms with E-state index in [1.54, 1.807) is 35.7 Å². The molecule has 0 saturated carbocycles. The molecule has 0 bridgehead atoms. The van der Waals surface area contributed by atoms with Crippen LogP contribution in [0.3, 0.4) is 0 Å². The zero-order chi connectivity index (χ0) is 24.9. The lowest BCUT2D eigenvalue weighted by molar-refractivity contribution is 0.103. The molecule has 2 aromatic heterocycles. The number of thiazole rings is 1. The Labute approximate surface area is 204 Å². The maximum absolute atomic E-state index is 13.6. The molecule has 2 heterocycles. The smallest absolute Gasteiger partial charge is 0.414 e. The van der Waals surface area contributed by atoms with Crippen LogP contribution in [-0.4, -0.2) is 60.0 Å². The van der Waals surface area contributed by atoms with Gasteiger partial charge < -0.3 is 24.3 Å². The standard InChI is InChI=1S/C23H21N5O6S/c1-24-22(30)34-23-27-16(10-35-23)13-5-6-15(17(7-13)28-12-25-11-26-28)20(29)14-8-18(31-2)21(33-4)19(9-14)32-3/h5-12H,1-4H3,(H,24,30). The molecule has 1 N–H and O–H groups in total. The molecule has 12 heteroatoms. The minimum atomic E-state index is -0.611. The molecule has 0 spiro atoms. The normalized spacial score (nSPS) is 10.5. The molecule has 4 rings (SSSR count). The average molecular weight is 496 g/mol. The Morgan fingerprint density at radius 2 is 1.77 bits per heavy atom. The van der Waals surface area contributed by atoms with Crippen LogP contribution in [0.2, 0.25) is 0 Å². The highest BCUT2D eigenvalue weighted by Crippen LogP contribution is 2.39. The van der Waals surface area contributed by atoms with Crippen LogP contribution in [0, 0.1) is 0 Å². The van der Waals surface area contributed by atoms with Crippen LogP contribution in [0.25, 0.3) is 16.9 Å². The summed E-state index contributed by atoms with van der Waals surface area (Å²) in [6.07, 6.45) is 2.26. The third-order valence-electron chi connectivity index (χ3n) is 5.00. The predicted molar refractivity (Wildman–Crippen MR) is 127 cm³/mol. The second kappa shape index (κ2) is 10.2. The maximum atomic E-state index is 13.6. The van der Waals surface area contributed by atoms with Crippen LogP contribution in [0.5, 0.6) is 22.4 Å². The van der Waals surface area contributed by atoms with Gasteiger partial charge in [-0.15, -0.1) is 0 Å². The Morgan fingerprint density at radius 1 is 1.03 bits per heavy atom. The summed E-state index contributed by atoms with van der Waals surface area (Å²) in [7, 11) is 5.92. The Kier molecular flexibility index (Phi) is 6.92. The van der Waals surface area contributed by atoms with Gasteiger partial charge in [-0.2, -0.15) is 5.10 Å². The number of ketones is 1. The highest BCUT2D eigenvalue weighted by atomic mass is 32.1. The number of rotatable bonds is 8. The number of hydrogen-bond acceptors (Lipinski definition) is 10. The highest BCUT2D eigenvalue weighted by molar-refractivity contribution is 7.11. The molecule has 0 unspecified atom stereocenters. The van der Waals surface area contributed by atoms with Gasteiger partial charge in [-0.05, 0) is 24.3 Å². The maximum Gasteiger partial charge on any atom is 0.414 e. The molecular weight excluding hydrogens is 474 g/mol. The third-order valence-corrected chi connectivity index (χ3v) is 5.72. The van der Waals surface area contributed by atoms with Gasteiger partial charge in [0.25, 0.3) is 5.19 Å². The van der Waals surface area contributed by atoms with E-state index in [0.717, 1.165) is 0 Å².